The van der Waals surface area contributed by atoms with Gasteiger partial charge in [-0.1, -0.05) is 30.3 Å². The lowest BCUT2D eigenvalue weighted by molar-refractivity contribution is -0.133. The van der Waals surface area contributed by atoms with E-state index in [-0.39, 0.29) is 18.6 Å². The Morgan fingerprint density at radius 3 is 2.79 bits per heavy atom. The largest absolute Gasteiger partial charge is 0.367 e. The lowest BCUT2D eigenvalue weighted by Crippen LogP contribution is -2.55. The van der Waals surface area contributed by atoms with Crippen LogP contribution in [0.15, 0.2) is 30.3 Å². The van der Waals surface area contributed by atoms with E-state index in [1.165, 1.54) is 5.56 Å². The number of nitrogens with zero attached hydrogens (tertiary/aromatic N) is 2. The second-order valence-electron chi connectivity index (χ2n) is 6.24. The number of primary amides is 1. The number of rotatable bonds is 6. The summed E-state index contributed by atoms with van der Waals surface area (Å²) in [7, 11) is 2.02. The van der Waals surface area contributed by atoms with Crippen molar-refractivity contribution in [1.29, 1.82) is 0 Å². The van der Waals surface area contributed by atoms with Crippen LogP contribution in [0.2, 0.25) is 0 Å². The van der Waals surface area contributed by atoms with E-state index in [4.69, 9.17) is 10.5 Å². The molecule has 7 heteroatoms. The zero-order valence-corrected chi connectivity index (χ0v) is 14.3. The van der Waals surface area contributed by atoms with Gasteiger partial charge in [-0.15, -0.1) is 0 Å². The summed E-state index contributed by atoms with van der Waals surface area (Å²) in [5.41, 5.74) is 6.47. The Kier molecular flexibility index (Phi) is 6.57. The lowest BCUT2D eigenvalue weighted by Gasteiger charge is -2.32. The summed E-state index contributed by atoms with van der Waals surface area (Å²) in [5.74, 6) is -0.539. The van der Waals surface area contributed by atoms with E-state index in [0.717, 1.165) is 13.1 Å². The normalized spacial score (nSPS) is 19.1. The minimum Gasteiger partial charge on any atom is -0.367 e. The molecule has 2 rings (SSSR count). The molecule has 1 fully saturated rings. The molecule has 0 radical (unpaired) electrons. The first-order valence-corrected chi connectivity index (χ1v) is 8.14. The Morgan fingerprint density at radius 1 is 1.42 bits per heavy atom. The maximum Gasteiger partial charge on any atom is 0.317 e. The Labute approximate surface area is 142 Å². The molecule has 1 aliphatic heterocycles. The van der Waals surface area contributed by atoms with Gasteiger partial charge in [-0.3, -0.25) is 4.79 Å². The van der Waals surface area contributed by atoms with E-state index in [1.54, 1.807) is 4.90 Å². The van der Waals surface area contributed by atoms with E-state index in [2.05, 4.69) is 22.3 Å². The maximum atomic E-state index is 12.3. The monoisotopic (exact) mass is 334 g/mol. The highest BCUT2D eigenvalue weighted by atomic mass is 16.5. The minimum absolute atomic E-state index is 0.0129. The molecule has 0 unspecified atom stereocenters. The first-order chi connectivity index (χ1) is 11.5. The van der Waals surface area contributed by atoms with Crippen molar-refractivity contribution in [2.75, 3.05) is 33.3 Å². The predicted octanol–water partition coefficient (Wildman–Crippen LogP) is 0.403. The number of carbonyl (C=O) groups excluding carboxylic acids is 2. The van der Waals surface area contributed by atoms with E-state index in [1.807, 2.05) is 32.2 Å². The topological polar surface area (TPSA) is 87.9 Å². The highest BCUT2D eigenvalue weighted by Crippen LogP contribution is 2.06. The van der Waals surface area contributed by atoms with Gasteiger partial charge in [0, 0.05) is 25.7 Å². The third kappa shape index (κ3) is 5.50. The van der Waals surface area contributed by atoms with Gasteiger partial charge in [-0.2, -0.15) is 0 Å². The Morgan fingerprint density at radius 2 is 2.12 bits per heavy atom. The molecule has 24 heavy (non-hydrogen) atoms. The van der Waals surface area contributed by atoms with E-state index >= 15 is 0 Å². The van der Waals surface area contributed by atoms with Gasteiger partial charge >= 0.3 is 6.03 Å². The number of morpholine rings is 1. The van der Waals surface area contributed by atoms with Crippen LogP contribution in [-0.4, -0.2) is 67.2 Å². The second-order valence-corrected chi connectivity index (χ2v) is 6.24. The van der Waals surface area contributed by atoms with Crippen molar-refractivity contribution >= 4 is 11.9 Å². The molecule has 1 heterocycles. The Hall–Kier alpha value is -2.12. The highest BCUT2D eigenvalue weighted by molar-refractivity contribution is 5.81. The van der Waals surface area contributed by atoms with Gasteiger partial charge in [0.25, 0.3) is 0 Å². The third-order valence-electron chi connectivity index (χ3n) is 3.92. The first kappa shape index (κ1) is 18.2. The highest BCUT2D eigenvalue weighted by Gasteiger charge is 2.28. The van der Waals surface area contributed by atoms with E-state index in [9.17, 15) is 9.59 Å². The summed E-state index contributed by atoms with van der Waals surface area (Å²) < 4.78 is 5.25. The smallest absolute Gasteiger partial charge is 0.317 e. The van der Waals surface area contributed by atoms with Crippen molar-refractivity contribution in [2.45, 2.75) is 25.6 Å². The van der Waals surface area contributed by atoms with Crippen LogP contribution in [0.3, 0.4) is 0 Å². The number of amides is 3. The van der Waals surface area contributed by atoms with Gasteiger partial charge in [0.2, 0.25) is 5.91 Å². The van der Waals surface area contributed by atoms with Crippen LogP contribution >= 0.6 is 0 Å². The number of nitrogens with two attached hydrogens (primary N) is 1. The number of hydrogen-bond donors (Lipinski definition) is 2. The molecule has 0 aliphatic carbocycles. The number of benzene rings is 1. The molecule has 0 bridgehead atoms. The summed E-state index contributed by atoms with van der Waals surface area (Å²) in [6.07, 6.45) is -0.722. The standard InChI is InChI=1S/C17H26N4O3/c1-13(10-20(2)11-14-6-4-3-5-7-14)19-17(23)21-8-9-24-15(12-21)16(18)22/h3-7,13,15H,8-12H2,1-2H3,(H2,18,22)(H,19,23)/t13-,15-/m1/s1. The molecule has 1 aliphatic rings. The average Bonchev–Trinajstić information content (AvgIpc) is 2.55. The fourth-order valence-corrected chi connectivity index (χ4v) is 2.78. The van der Waals surface area contributed by atoms with Crippen molar-refractivity contribution in [2.24, 2.45) is 5.73 Å². The van der Waals surface area contributed by atoms with Gasteiger partial charge in [0.15, 0.2) is 6.10 Å². The van der Waals surface area contributed by atoms with Crippen LogP contribution in [-0.2, 0) is 16.1 Å². The molecule has 2 atom stereocenters. The third-order valence-corrected chi connectivity index (χ3v) is 3.92. The summed E-state index contributed by atoms with van der Waals surface area (Å²) in [6, 6.07) is 9.98. The van der Waals surface area contributed by atoms with E-state index in [0.29, 0.717) is 13.2 Å². The quantitative estimate of drug-likeness (QED) is 0.788. The zero-order chi connectivity index (χ0) is 17.5. The molecular weight excluding hydrogens is 308 g/mol. The van der Waals surface area contributed by atoms with Crippen molar-refractivity contribution in [3.05, 3.63) is 35.9 Å². The molecule has 1 aromatic rings. The molecule has 132 valence electrons. The van der Waals surface area contributed by atoms with Gasteiger partial charge in [0.1, 0.15) is 0 Å². The van der Waals surface area contributed by atoms with Gasteiger partial charge in [0.05, 0.1) is 13.2 Å². The summed E-state index contributed by atoms with van der Waals surface area (Å²) in [6.45, 7) is 4.50. The molecule has 1 aromatic carbocycles. The average molecular weight is 334 g/mol. The van der Waals surface area contributed by atoms with E-state index < -0.39 is 12.0 Å². The number of ether oxygens (including phenoxy) is 1. The molecule has 3 amide bonds. The molecule has 0 saturated carbocycles. The molecule has 3 N–H and O–H groups in total. The number of carbonyl (C=O) groups is 2. The number of hydrogen-bond acceptors (Lipinski definition) is 4. The Bertz CT molecular complexity index is 552. The number of urea groups is 1. The zero-order valence-electron chi connectivity index (χ0n) is 14.3. The fourth-order valence-electron chi connectivity index (χ4n) is 2.78. The fraction of sp³-hybridized carbons (Fsp3) is 0.529. The molecule has 7 nitrogen and oxygen atoms in total. The summed E-state index contributed by atoms with van der Waals surface area (Å²) in [5, 5.41) is 2.96. The van der Waals surface area contributed by atoms with Gasteiger partial charge in [-0.25, -0.2) is 4.79 Å². The first-order valence-electron chi connectivity index (χ1n) is 8.14. The number of nitrogens with one attached hydrogen (secondary N) is 1. The molecule has 1 saturated heterocycles. The Balaban J connectivity index is 1.77. The van der Waals surface area contributed by atoms with Crippen molar-refractivity contribution in [3.63, 3.8) is 0 Å². The molecule has 0 aromatic heterocycles. The van der Waals surface area contributed by atoms with Crippen molar-refractivity contribution in [3.8, 4) is 0 Å². The summed E-state index contributed by atoms with van der Waals surface area (Å²) >= 11 is 0. The number of likely N-dealkylation sites (N-methyl/N-ethyl adjacent to an activating group) is 1. The molecule has 0 spiro atoms. The lowest BCUT2D eigenvalue weighted by atomic mass is 10.2. The van der Waals surface area contributed by atoms with Crippen molar-refractivity contribution < 1.29 is 14.3 Å². The van der Waals surface area contributed by atoms with Crippen LogP contribution in [0.5, 0.6) is 0 Å². The molecular formula is C17H26N4O3. The maximum absolute atomic E-state index is 12.3. The van der Waals surface area contributed by atoms with Gasteiger partial charge < -0.3 is 25.6 Å². The van der Waals surface area contributed by atoms with Crippen LogP contribution < -0.4 is 11.1 Å². The van der Waals surface area contributed by atoms with Crippen LogP contribution in [0.4, 0.5) is 4.79 Å². The minimum atomic E-state index is -0.722. The van der Waals surface area contributed by atoms with Gasteiger partial charge in [-0.05, 0) is 19.5 Å². The van der Waals surface area contributed by atoms with Crippen molar-refractivity contribution in [1.82, 2.24) is 15.1 Å². The second kappa shape index (κ2) is 8.65. The predicted molar refractivity (Wildman–Crippen MR) is 91.3 cm³/mol. The summed E-state index contributed by atoms with van der Waals surface area (Å²) in [4.78, 5) is 27.2. The SMILES string of the molecule is C[C@H](CN(C)Cc1ccccc1)NC(=O)N1CCO[C@@H](C(N)=O)C1. The van der Waals surface area contributed by atoms with Crippen LogP contribution in [0, 0.1) is 0 Å². The van der Waals surface area contributed by atoms with Crippen LogP contribution in [0.25, 0.3) is 0 Å². The van der Waals surface area contributed by atoms with Crippen LogP contribution in [0.1, 0.15) is 12.5 Å².